The molecule has 0 aliphatic carbocycles. The van der Waals surface area contributed by atoms with E-state index < -0.39 is 18.5 Å². The number of hydrogen-bond donors (Lipinski definition) is 1. The second kappa shape index (κ2) is 7.44. The first kappa shape index (κ1) is 17.2. The van der Waals surface area contributed by atoms with E-state index in [1.807, 2.05) is 32.0 Å². The number of halogens is 2. The number of ether oxygens (including phenoxy) is 1. The summed E-state index contributed by atoms with van der Waals surface area (Å²) in [5, 5.41) is 2.90. The van der Waals surface area contributed by atoms with Gasteiger partial charge >= 0.3 is 5.97 Å². The maximum Gasteiger partial charge on any atom is 0.340 e. The number of hydrogen-bond acceptors (Lipinski definition) is 4. The average Bonchev–Trinajstić information content (AvgIpc) is 2.46. The van der Waals surface area contributed by atoms with Gasteiger partial charge < -0.3 is 10.1 Å². The van der Waals surface area contributed by atoms with Gasteiger partial charge in [0, 0.05) is 11.9 Å². The maximum absolute atomic E-state index is 11.8. The summed E-state index contributed by atoms with van der Waals surface area (Å²) >= 11 is 11.4. The molecular formula is C16H14Cl2N2O3. The lowest BCUT2D eigenvalue weighted by molar-refractivity contribution is -0.119. The maximum atomic E-state index is 11.8. The predicted molar refractivity (Wildman–Crippen MR) is 89.1 cm³/mol. The minimum atomic E-state index is -0.702. The Balaban J connectivity index is 1.93. The fraction of sp³-hybridized carbons (Fsp3) is 0.188. The normalized spacial score (nSPS) is 10.3. The third kappa shape index (κ3) is 4.94. The first-order chi connectivity index (χ1) is 10.8. The van der Waals surface area contributed by atoms with Crippen LogP contribution >= 0.6 is 23.2 Å². The summed E-state index contributed by atoms with van der Waals surface area (Å²) in [5.41, 5.74) is 2.83. The van der Waals surface area contributed by atoms with Crippen LogP contribution in [0.2, 0.25) is 10.2 Å². The number of anilines is 1. The quantitative estimate of drug-likeness (QED) is 0.671. The van der Waals surface area contributed by atoms with Gasteiger partial charge in [0.25, 0.3) is 5.91 Å². The molecule has 1 aromatic carbocycles. The summed E-state index contributed by atoms with van der Waals surface area (Å²) < 4.78 is 4.92. The summed E-state index contributed by atoms with van der Waals surface area (Å²) in [6.45, 7) is 3.45. The fourth-order valence-corrected chi connectivity index (χ4v) is 2.26. The van der Waals surface area contributed by atoms with Crippen LogP contribution in [0.3, 0.4) is 0 Å². The zero-order chi connectivity index (χ0) is 17.0. The number of rotatable bonds is 4. The van der Waals surface area contributed by atoms with Gasteiger partial charge in [0.2, 0.25) is 0 Å². The molecule has 1 amide bonds. The SMILES string of the molecule is Cc1cc(C)cc(NC(=O)COC(=O)c2cnc(Cl)c(Cl)c2)c1. The lowest BCUT2D eigenvalue weighted by Gasteiger charge is -2.08. The van der Waals surface area contributed by atoms with E-state index in [1.54, 1.807) is 0 Å². The molecule has 0 fully saturated rings. The van der Waals surface area contributed by atoms with Crippen molar-refractivity contribution in [3.63, 3.8) is 0 Å². The van der Waals surface area contributed by atoms with E-state index in [9.17, 15) is 9.59 Å². The van der Waals surface area contributed by atoms with Crippen molar-refractivity contribution in [1.82, 2.24) is 4.98 Å². The number of esters is 1. The Bertz CT molecular complexity index is 743. The van der Waals surface area contributed by atoms with Crippen LogP contribution in [0.25, 0.3) is 0 Å². The Kier molecular flexibility index (Phi) is 5.58. The smallest absolute Gasteiger partial charge is 0.340 e. The van der Waals surface area contributed by atoms with Gasteiger partial charge in [-0.05, 0) is 43.2 Å². The van der Waals surface area contributed by atoms with E-state index in [0.29, 0.717) is 5.69 Å². The summed E-state index contributed by atoms with van der Waals surface area (Å²) in [6, 6.07) is 6.99. The number of benzene rings is 1. The van der Waals surface area contributed by atoms with Gasteiger partial charge in [-0.25, -0.2) is 9.78 Å². The zero-order valence-electron chi connectivity index (χ0n) is 12.5. The first-order valence-electron chi connectivity index (χ1n) is 6.71. The third-order valence-electron chi connectivity index (χ3n) is 2.87. The Morgan fingerprint density at radius 2 is 1.78 bits per heavy atom. The number of pyridine rings is 1. The van der Waals surface area contributed by atoms with Gasteiger partial charge in [-0.3, -0.25) is 4.79 Å². The number of carbonyl (C=O) groups is 2. The molecule has 5 nitrogen and oxygen atoms in total. The van der Waals surface area contributed by atoms with Crippen molar-refractivity contribution in [2.75, 3.05) is 11.9 Å². The van der Waals surface area contributed by atoms with Crippen LogP contribution in [-0.4, -0.2) is 23.5 Å². The van der Waals surface area contributed by atoms with E-state index in [-0.39, 0.29) is 15.7 Å². The summed E-state index contributed by atoms with van der Waals surface area (Å²) in [6.07, 6.45) is 1.23. The molecular weight excluding hydrogens is 339 g/mol. The summed E-state index contributed by atoms with van der Waals surface area (Å²) in [7, 11) is 0. The number of nitrogens with one attached hydrogen (secondary N) is 1. The molecule has 0 aliphatic rings. The topological polar surface area (TPSA) is 68.3 Å². The molecule has 2 rings (SSSR count). The van der Waals surface area contributed by atoms with Crippen molar-refractivity contribution in [2.24, 2.45) is 0 Å². The molecule has 0 spiro atoms. The van der Waals surface area contributed by atoms with Gasteiger partial charge in [0.15, 0.2) is 6.61 Å². The molecule has 23 heavy (non-hydrogen) atoms. The minimum absolute atomic E-state index is 0.0933. The largest absolute Gasteiger partial charge is 0.452 e. The van der Waals surface area contributed by atoms with Crippen molar-refractivity contribution >= 4 is 40.8 Å². The Labute approximate surface area is 143 Å². The minimum Gasteiger partial charge on any atom is -0.452 e. The molecule has 0 saturated carbocycles. The van der Waals surface area contributed by atoms with Crippen molar-refractivity contribution in [3.8, 4) is 0 Å². The van der Waals surface area contributed by atoms with Crippen molar-refractivity contribution in [2.45, 2.75) is 13.8 Å². The van der Waals surface area contributed by atoms with Gasteiger partial charge in [0.1, 0.15) is 5.15 Å². The molecule has 1 heterocycles. The van der Waals surface area contributed by atoms with Crippen LogP contribution in [0.4, 0.5) is 5.69 Å². The van der Waals surface area contributed by atoms with Crippen LogP contribution in [0, 0.1) is 13.8 Å². The van der Waals surface area contributed by atoms with Gasteiger partial charge in [-0.15, -0.1) is 0 Å². The highest BCUT2D eigenvalue weighted by atomic mass is 35.5. The molecule has 0 unspecified atom stereocenters. The van der Waals surface area contributed by atoms with Crippen LogP contribution < -0.4 is 5.32 Å². The zero-order valence-corrected chi connectivity index (χ0v) is 14.0. The third-order valence-corrected chi connectivity index (χ3v) is 3.56. The van der Waals surface area contributed by atoms with Gasteiger partial charge in [0.05, 0.1) is 10.6 Å². The molecule has 0 aliphatic heterocycles. The Morgan fingerprint density at radius 1 is 1.13 bits per heavy atom. The van der Waals surface area contributed by atoms with Crippen molar-refractivity contribution in [3.05, 3.63) is 57.3 Å². The van der Waals surface area contributed by atoms with E-state index in [0.717, 1.165) is 11.1 Å². The van der Waals surface area contributed by atoms with Crippen LogP contribution in [-0.2, 0) is 9.53 Å². The predicted octanol–water partition coefficient (Wildman–Crippen LogP) is 3.80. The number of aryl methyl sites for hydroxylation is 2. The molecule has 0 bridgehead atoms. The monoisotopic (exact) mass is 352 g/mol. The second-order valence-electron chi connectivity index (χ2n) is 5.00. The number of amides is 1. The Morgan fingerprint density at radius 3 is 2.39 bits per heavy atom. The van der Waals surface area contributed by atoms with E-state index in [4.69, 9.17) is 27.9 Å². The summed E-state index contributed by atoms with van der Waals surface area (Å²) in [4.78, 5) is 27.4. The van der Waals surface area contributed by atoms with Crippen LogP contribution in [0.5, 0.6) is 0 Å². The average molecular weight is 353 g/mol. The molecule has 1 aromatic heterocycles. The van der Waals surface area contributed by atoms with E-state index in [2.05, 4.69) is 10.3 Å². The molecule has 0 saturated heterocycles. The lowest BCUT2D eigenvalue weighted by Crippen LogP contribution is -2.21. The van der Waals surface area contributed by atoms with Crippen molar-refractivity contribution < 1.29 is 14.3 Å². The van der Waals surface area contributed by atoms with E-state index >= 15 is 0 Å². The number of nitrogens with zero attached hydrogens (tertiary/aromatic N) is 1. The Hall–Kier alpha value is -2.11. The second-order valence-corrected chi connectivity index (χ2v) is 5.76. The van der Waals surface area contributed by atoms with Gasteiger partial charge in [-0.2, -0.15) is 0 Å². The van der Waals surface area contributed by atoms with Crippen LogP contribution in [0.1, 0.15) is 21.5 Å². The highest BCUT2D eigenvalue weighted by Gasteiger charge is 2.13. The molecule has 0 atom stereocenters. The first-order valence-corrected chi connectivity index (χ1v) is 7.47. The molecule has 2 aromatic rings. The van der Waals surface area contributed by atoms with Crippen molar-refractivity contribution in [1.29, 1.82) is 0 Å². The standard InChI is InChI=1S/C16H14Cl2N2O3/c1-9-3-10(2)5-12(4-9)20-14(21)8-23-16(22)11-6-13(17)15(18)19-7-11/h3-7H,8H2,1-2H3,(H,20,21). The lowest BCUT2D eigenvalue weighted by atomic mass is 10.1. The van der Waals surface area contributed by atoms with E-state index in [1.165, 1.54) is 12.3 Å². The number of carbonyl (C=O) groups excluding carboxylic acids is 2. The molecule has 7 heteroatoms. The summed E-state index contributed by atoms with van der Waals surface area (Å²) in [5.74, 6) is -1.14. The molecule has 0 radical (unpaired) electrons. The molecule has 120 valence electrons. The van der Waals surface area contributed by atoms with Crippen LogP contribution in [0.15, 0.2) is 30.5 Å². The highest BCUT2D eigenvalue weighted by Crippen LogP contribution is 2.20. The van der Waals surface area contributed by atoms with Gasteiger partial charge in [-0.1, -0.05) is 29.3 Å². The number of aromatic nitrogens is 1. The fourth-order valence-electron chi connectivity index (χ4n) is 1.99. The highest BCUT2D eigenvalue weighted by molar-refractivity contribution is 6.41. The molecule has 1 N–H and O–H groups in total.